The van der Waals surface area contributed by atoms with E-state index in [0.717, 1.165) is 16.8 Å². The molecule has 8 rings (SSSR count). The van der Waals surface area contributed by atoms with E-state index in [1.54, 1.807) is 0 Å². The third-order valence-electron chi connectivity index (χ3n) is 8.06. The summed E-state index contributed by atoms with van der Waals surface area (Å²) in [6, 6.07) is 52.4. The fourth-order valence-corrected chi connectivity index (χ4v) is 6.08. The van der Waals surface area contributed by atoms with Gasteiger partial charge in [-0.15, -0.1) is 0 Å². The summed E-state index contributed by atoms with van der Waals surface area (Å²) in [5, 5.41) is 4.98. The van der Waals surface area contributed by atoms with Crippen molar-refractivity contribution in [3.63, 3.8) is 0 Å². The minimum atomic E-state index is 1.12. The molecule has 0 aliphatic heterocycles. The number of rotatable bonds is 4. The summed E-state index contributed by atoms with van der Waals surface area (Å²) in [5.74, 6) is 0. The lowest BCUT2D eigenvalue weighted by Crippen LogP contribution is -1.94. The van der Waals surface area contributed by atoms with Gasteiger partial charge in [0.2, 0.25) is 0 Å². The highest BCUT2D eigenvalue weighted by Gasteiger charge is 2.16. The van der Waals surface area contributed by atoms with Crippen molar-refractivity contribution in [1.29, 1.82) is 0 Å². The molecule has 0 bridgehead atoms. The predicted molar refractivity (Wildman–Crippen MR) is 172 cm³/mol. The van der Waals surface area contributed by atoms with Gasteiger partial charge in [0.15, 0.2) is 0 Å². The van der Waals surface area contributed by atoms with Crippen molar-refractivity contribution in [2.45, 2.75) is 0 Å². The molecule has 2 heteroatoms. The summed E-state index contributed by atoms with van der Waals surface area (Å²) < 4.78 is 2.42. The zero-order valence-electron chi connectivity index (χ0n) is 22.4. The van der Waals surface area contributed by atoms with Crippen LogP contribution < -0.4 is 0 Å². The van der Waals surface area contributed by atoms with E-state index in [1.165, 1.54) is 54.8 Å². The Hall–Kier alpha value is -5.47. The number of nitrogens with zero attached hydrogens (tertiary/aromatic N) is 2. The molecule has 0 aliphatic rings. The number of pyridine rings is 1. The van der Waals surface area contributed by atoms with Crippen LogP contribution in [0.25, 0.3) is 71.6 Å². The molecule has 0 N–H and O–H groups in total. The van der Waals surface area contributed by atoms with Gasteiger partial charge in [0.1, 0.15) is 0 Å². The van der Waals surface area contributed by atoms with Crippen LogP contribution >= 0.6 is 0 Å². The van der Waals surface area contributed by atoms with Crippen LogP contribution in [0.1, 0.15) is 0 Å². The Morgan fingerprint density at radius 3 is 1.83 bits per heavy atom. The van der Waals surface area contributed by atoms with E-state index in [-0.39, 0.29) is 0 Å². The van der Waals surface area contributed by atoms with E-state index in [4.69, 9.17) is 0 Å². The van der Waals surface area contributed by atoms with Gasteiger partial charge >= 0.3 is 0 Å². The average Bonchev–Trinajstić information content (AvgIpc) is 3.40. The minimum absolute atomic E-state index is 1.12. The summed E-state index contributed by atoms with van der Waals surface area (Å²) in [7, 11) is 0. The topological polar surface area (TPSA) is 17.8 Å². The van der Waals surface area contributed by atoms with Gasteiger partial charge in [-0.3, -0.25) is 4.98 Å². The molecule has 2 heterocycles. The van der Waals surface area contributed by atoms with Gasteiger partial charge in [0.25, 0.3) is 0 Å². The van der Waals surface area contributed by atoms with Gasteiger partial charge in [0.05, 0.1) is 11.0 Å². The first-order chi connectivity index (χ1) is 20.3. The van der Waals surface area contributed by atoms with Crippen molar-refractivity contribution in [3.05, 3.63) is 158 Å². The predicted octanol–water partition coefficient (Wildman–Crippen LogP) is 10.3. The lowest BCUT2D eigenvalue weighted by Gasteiger charge is -2.12. The zero-order valence-corrected chi connectivity index (χ0v) is 22.4. The molecule has 192 valence electrons. The van der Waals surface area contributed by atoms with Gasteiger partial charge in [-0.2, -0.15) is 0 Å². The standard InChI is InChI=1S/C39H26N2/c1-3-9-27(10-4-1)28-11-7-12-29(23-28)30-16-19-35-32(24-30)18-21-37-36-20-17-31(33-13-8-22-40-26-33)25-38(36)41(39(35)37)34-14-5-2-6-15-34/h1-26H. The highest BCUT2D eigenvalue weighted by Crippen LogP contribution is 2.39. The molecule has 0 saturated heterocycles. The molecule has 0 aliphatic carbocycles. The lowest BCUT2D eigenvalue weighted by atomic mass is 9.96. The molecule has 0 unspecified atom stereocenters. The van der Waals surface area contributed by atoms with Gasteiger partial charge in [-0.05, 0) is 69.6 Å². The number of fused-ring (bicyclic) bond motifs is 5. The Balaban J connectivity index is 1.35. The lowest BCUT2D eigenvalue weighted by molar-refractivity contribution is 1.19. The van der Waals surface area contributed by atoms with E-state index in [1.807, 2.05) is 18.5 Å². The van der Waals surface area contributed by atoms with Crippen LogP contribution in [0.3, 0.4) is 0 Å². The Labute approximate surface area is 238 Å². The number of benzene rings is 6. The van der Waals surface area contributed by atoms with Gasteiger partial charge in [0, 0.05) is 39.8 Å². The molecule has 0 saturated carbocycles. The average molecular weight is 523 g/mol. The first-order valence-electron chi connectivity index (χ1n) is 14.0. The van der Waals surface area contributed by atoms with Crippen molar-refractivity contribution in [2.75, 3.05) is 0 Å². The smallest absolute Gasteiger partial charge is 0.0619 e. The van der Waals surface area contributed by atoms with Gasteiger partial charge in [-0.25, -0.2) is 0 Å². The van der Waals surface area contributed by atoms with Crippen LogP contribution in [-0.2, 0) is 0 Å². The third-order valence-corrected chi connectivity index (χ3v) is 8.06. The monoisotopic (exact) mass is 522 g/mol. The van der Waals surface area contributed by atoms with E-state index in [9.17, 15) is 0 Å². The van der Waals surface area contributed by atoms with Crippen molar-refractivity contribution in [1.82, 2.24) is 9.55 Å². The molecular formula is C39H26N2. The van der Waals surface area contributed by atoms with Crippen LogP contribution in [0.2, 0.25) is 0 Å². The third kappa shape index (κ3) is 4.00. The number of hydrogen-bond donors (Lipinski definition) is 0. The zero-order chi connectivity index (χ0) is 27.2. The Bertz CT molecular complexity index is 2180. The molecular weight excluding hydrogens is 496 g/mol. The molecule has 0 spiro atoms. The van der Waals surface area contributed by atoms with E-state index in [2.05, 4.69) is 149 Å². The number of para-hydroxylation sites is 1. The van der Waals surface area contributed by atoms with Crippen molar-refractivity contribution in [3.8, 4) is 39.1 Å². The quantitative estimate of drug-likeness (QED) is 0.225. The summed E-state index contributed by atoms with van der Waals surface area (Å²) in [4.78, 5) is 4.35. The SMILES string of the molecule is c1ccc(-c2cccc(-c3ccc4c(ccc5c6ccc(-c7cccnc7)cc6n(-c6ccccc6)c45)c3)c2)cc1. The molecule has 0 fully saturated rings. The fraction of sp³-hybridized carbons (Fsp3) is 0. The van der Waals surface area contributed by atoms with E-state index in [0.29, 0.717) is 0 Å². The maximum absolute atomic E-state index is 4.35. The van der Waals surface area contributed by atoms with Crippen LogP contribution in [0.5, 0.6) is 0 Å². The number of hydrogen-bond acceptors (Lipinski definition) is 1. The Morgan fingerprint density at radius 1 is 0.415 bits per heavy atom. The Morgan fingerprint density at radius 2 is 1.05 bits per heavy atom. The molecule has 6 aromatic carbocycles. The molecule has 0 radical (unpaired) electrons. The van der Waals surface area contributed by atoms with Crippen LogP contribution in [0, 0.1) is 0 Å². The van der Waals surface area contributed by atoms with Crippen LogP contribution in [0.15, 0.2) is 158 Å². The van der Waals surface area contributed by atoms with Crippen LogP contribution in [0.4, 0.5) is 0 Å². The summed E-state index contributed by atoms with van der Waals surface area (Å²) >= 11 is 0. The van der Waals surface area contributed by atoms with Crippen molar-refractivity contribution >= 4 is 32.6 Å². The molecule has 2 aromatic heterocycles. The van der Waals surface area contributed by atoms with E-state index >= 15 is 0 Å². The van der Waals surface area contributed by atoms with Gasteiger partial charge < -0.3 is 4.57 Å². The first kappa shape index (κ1) is 23.4. The number of aromatic nitrogens is 2. The highest BCUT2D eigenvalue weighted by molar-refractivity contribution is 6.19. The summed E-state index contributed by atoms with van der Waals surface area (Å²) in [6.07, 6.45) is 3.75. The second-order valence-corrected chi connectivity index (χ2v) is 10.5. The molecule has 0 amide bonds. The molecule has 8 aromatic rings. The molecule has 0 atom stereocenters. The van der Waals surface area contributed by atoms with Crippen molar-refractivity contribution < 1.29 is 0 Å². The van der Waals surface area contributed by atoms with Crippen molar-refractivity contribution in [2.24, 2.45) is 0 Å². The van der Waals surface area contributed by atoms with E-state index < -0.39 is 0 Å². The second-order valence-electron chi connectivity index (χ2n) is 10.5. The Kier molecular flexibility index (Phi) is 5.49. The largest absolute Gasteiger partial charge is 0.309 e. The summed E-state index contributed by atoms with van der Waals surface area (Å²) in [6.45, 7) is 0. The normalized spacial score (nSPS) is 11.4. The van der Waals surface area contributed by atoms with Gasteiger partial charge in [-0.1, -0.05) is 109 Å². The second kappa shape index (κ2) is 9.62. The van der Waals surface area contributed by atoms with Crippen LogP contribution in [-0.4, -0.2) is 9.55 Å². The maximum Gasteiger partial charge on any atom is 0.0619 e. The fourth-order valence-electron chi connectivity index (χ4n) is 6.08. The minimum Gasteiger partial charge on any atom is -0.309 e. The molecule has 2 nitrogen and oxygen atoms in total. The molecule has 41 heavy (non-hydrogen) atoms. The first-order valence-corrected chi connectivity index (χ1v) is 14.0. The summed E-state index contributed by atoms with van der Waals surface area (Å²) in [5.41, 5.74) is 10.8. The maximum atomic E-state index is 4.35. The highest BCUT2D eigenvalue weighted by atomic mass is 15.0.